The van der Waals surface area contributed by atoms with Crippen LogP contribution in [0.4, 0.5) is 10.5 Å². The summed E-state index contributed by atoms with van der Waals surface area (Å²) in [7, 11) is 0. The number of aliphatic hydroxyl groups excluding tert-OH is 1. The number of hydrogen-bond acceptors (Lipinski definition) is 3. The van der Waals surface area contributed by atoms with Crippen LogP contribution in [-0.4, -0.2) is 54.7 Å². The summed E-state index contributed by atoms with van der Waals surface area (Å²) in [5.74, 6) is -0.252. The van der Waals surface area contributed by atoms with Crippen LogP contribution in [0.3, 0.4) is 0 Å². The Morgan fingerprint density at radius 1 is 1.26 bits per heavy atom. The number of hydrogen-bond donors (Lipinski definition) is 2. The van der Waals surface area contributed by atoms with Crippen LogP contribution in [0.5, 0.6) is 0 Å². The zero-order valence-corrected chi connectivity index (χ0v) is 10.6. The van der Waals surface area contributed by atoms with Gasteiger partial charge in [0.2, 0.25) is 5.91 Å². The molecule has 6 heteroatoms. The maximum Gasteiger partial charge on any atom is 0.325 e. The standard InChI is InChI=1S/C13H17N3O3/c17-9-6-14-12(18)10-15-7-8-16(13(15)19)11-4-2-1-3-5-11/h1-5,17H,6-10H2,(H,14,18). The molecule has 1 aromatic carbocycles. The molecular formula is C13H17N3O3. The molecule has 1 aliphatic rings. The summed E-state index contributed by atoms with van der Waals surface area (Å²) in [6.45, 7) is 1.25. The lowest BCUT2D eigenvalue weighted by Crippen LogP contribution is -2.40. The molecule has 1 aliphatic heterocycles. The van der Waals surface area contributed by atoms with Gasteiger partial charge in [0.05, 0.1) is 6.61 Å². The molecule has 1 heterocycles. The van der Waals surface area contributed by atoms with Gasteiger partial charge in [-0.05, 0) is 12.1 Å². The van der Waals surface area contributed by atoms with Gasteiger partial charge >= 0.3 is 6.03 Å². The van der Waals surface area contributed by atoms with Gasteiger partial charge in [0.15, 0.2) is 0 Å². The van der Waals surface area contributed by atoms with E-state index < -0.39 is 0 Å². The first-order valence-corrected chi connectivity index (χ1v) is 6.21. The van der Waals surface area contributed by atoms with Crippen molar-refractivity contribution in [2.24, 2.45) is 0 Å². The molecule has 102 valence electrons. The predicted octanol–water partition coefficient (Wildman–Crippen LogP) is 0.0371. The van der Waals surface area contributed by atoms with Gasteiger partial charge in [0.25, 0.3) is 0 Å². The molecule has 0 atom stereocenters. The number of rotatable bonds is 5. The second-order valence-electron chi connectivity index (χ2n) is 4.26. The first-order chi connectivity index (χ1) is 9.22. The molecule has 2 N–H and O–H groups in total. The zero-order valence-electron chi connectivity index (χ0n) is 10.6. The Kier molecular flexibility index (Phi) is 4.35. The SMILES string of the molecule is O=C(CN1CCN(c2ccccc2)C1=O)NCCO. The highest BCUT2D eigenvalue weighted by atomic mass is 16.3. The Bertz CT molecular complexity index is 450. The van der Waals surface area contributed by atoms with Crippen LogP contribution in [0.15, 0.2) is 30.3 Å². The van der Waals surface area contributed by atoms with Crippen molar-refractivity contribution in [3.05, 3.63) is 30.3 Å². The minimum atomic E-state index is -0.252. The van der Waals surface area contributed by atoms with Crippen molar-refractivity contribution in [3.63, 3.8) is 0 Å². The van der Waals surface area contributed by atoms with Crippen LogP contribution in [-0.2, 0) is 4.79 Å². The van der Waals surface area contributed by atoms with E-state index in [9.17, 15) is 9.59 Å². The molecular weight excluding hydrogens is 246 g/mol. The van der Waals surface area contributed by atoms with E-state index in [4.69, 9.17) is 5.11 Å². The third kappa shape index (κ3) is 3.23. The van der Waals surface area contributed by atoms with Gasteiger partial charge in [0.1, 0.15) is 6.54 Å². The summed E-state index contributed by atoms with van der Waals surface area (Å²) in [6.07, 6.45) is 0. The normalized spacial score (nSPS) is 14.9. The van der Waals surface area contributed by atoms with E-state index in [-0.39, 0.29) is 31.6 Å². The molecule has 0 bridgehead atoms. The summed E-state index contributed by atoms with van der Waals surface area (Å²) >= 11 is 0. The highest BCUT2D eigenvalue weighted by Crippen LogP contribution is 2.19. The fourth-order valence-corrected chi connectivity index (χ4v) is 2.00. The van der Waals surface area contributed by atoms with Crippen molar-refractivity contribution in [1.82, 2.24) is 10.2 Å². The fraction of sp³-hybridized carbons (Fsp3) is 0.385. The largest absolute Gasteiger partial charge is 0.395 e. The first kappa shape index (κ1) is 13.4. The molecule has 2 rings (SSSR count). The van der Waals surface area contributed by atoms with Crippen molar-refractivity contribution in [2.45, 2.75) is 0 Å². The highest BCUT2D eigenvalue weighted by molar-refractivity contribution is 5.96. The van der Waals surface area contributed by atoms with Crippen LogP contribution in [0.25, 0.3) is 0 Å². The van der Waals surface area contributed by atoms with E-state index in [1.165, 1.54) is 4.90 Å². The van der Waals surface area contributed by atoms with Gasteiger partial charge in [-0.3, -0.25) is 9.69 Å². The second-order valence-corrected chi connectivity index (χ2v) is 4.26. The third-order valence-corrected chi connectivity index (χ3v) is 2.93. The van der Waals surface area contributed by atoms with Gasteiger partial charge in [-0.15, -0.1) is 0 Å². The van der Waals surface area contributed by atoms with E-state index >= 15 is 0 Å². The average molecular weight is 263 g/mol. The maximum atomic E-state index is 12.1. The van der Waals surface area contributed by atoms with Crippen LogP contribution >= 0.6 is 0 Å². The van der Waals surface area contributed by atoms with Gasteiger partial charge in [-0.1, -0.05) is 18.2 Å². The number of nitrogens with zero attached hydrogens (tertiary/aromatic N) is 2. The summed E-state index contributed by atoms with van der Waals surface area (Å²) in [6, 6.07) is 9.22. The van der Waals surface area contributed by atoms with Crippen LogP contribution < -0.4 is 10.2 Å². The van der Waals surface area contributed by atoms with Gasteiger partial charge < -0.3 is 15.3 Å². The van der Waals surface area contributed by atoms with Crippen molar-refractivity contribution >= 4 is 17.6 Å². The number of amides is 3. The maximum absolute atomic E-state index is 12.1. The van der Waals surface area contributed by atoms with Gasteiger partial charge in [-0.25, -0.2) is 4.79 Å². The van der Waals surface area contributed by atoms with Crippen LogP contribution in [0, 0.1) is 0 Å². The fourth-order valence-electron chi connectivity index (χ4n) is 2.00. The van der Waals surface area contributed by atoms with Gasteiger partial charge in [0, 0.05) is 25.3 Å². The monoisotopic (exact) mass is 263 g/mol. The Balaban J connectivity index is 1.93. The molecule has 1 aromatic rings. The predicted molar refractivity (Wildman–Crippen MR) is 70.9 cm³/mol. The van der Waals surface area contributed by atoms with Crippen molar-refractivity contribution in [3.8, 4) is 0 Å². The average Bonchev–Trinajstić information content (AvgIpc) is 2.79. The van der Waals surface area contributed by atoms with E-state index in [0.29, 0.717) is 13.1 Å². The number of benzene rings is 1. The zero-order chi connectivity index (χ0) is 13.7. The molecule has 1 fully saturated rings. The summed E-state index contributed by atoms with van der Waals surface area (Å²) in [5.41, 5.74) is 0.839. The number of urea groups is 1. The molecule has 19 heavy (non-hydrogen) atoms. The van der Waals surface area contributed by atoms with E-state index in [1.807, 2.05) is 30.3 Å². The highest BCUT2D eigenvalue weighted by Gasteiger charge is 2.30. The van der Waals surface area contributed by atoms with Crippen molar-refractivity contribution in [2.75, 3.05) is 37.7 Å². The molecule has 0 unspecified atom stereocenters. The molecule has 0 spiro atoms. The first-order valence-electron chi connectivity index (χ1n) is 6.21. The van der Waals surface area contributed by atoms with E-state index in [2.05, 4.69) is 5.32 Å². The number of carbonyl (C=O) groups excluding carboxylic acids is 2. The topological polar surface area (TPSA) is 72.9 Å². The molecule has 3 amide bonds. The lowest BCUT2D eigenvalue weighted by Gasteiger charge is -2.18. The summed E-state index contributed by atoms with van der Waals surface area (Å²) in [5, 5.41) is 11.1. The number of nitrogens with one attached hydrogen (secondary N) is 1. The van der Waals surface area contributed by atoms with Gasteiger partial charge in [-0.2, -0.15) is 0 Å². The molecule has 1 saturated heterocycles. The Labute approximate surface area is 111 Å². The molecule has 6 nitrogen and oxygen atoms in total. The third-order valence-electron chi connectivity index (χ3n) is 2.93. The Morgan fingerprint density at radius 2 is 2.00 bits per heavy atom. The quantitative estimate of drug-likeness (QED) is 0.787. The number of aliphatic hydroxyl groups is 1. The second kappa shape index (κ2) is 6.19. The van der Waals surface area contributed by atoms with Crippen LogP contribution in [0.1, 0.15) is 0 Å². The van der Waals surface area contributed by atoms with E-state index in [1.54, 1.807) is 4.90 Å². The molecule has 0 radical (unpaired) electrons. The summed E-state index contributed by atoms with van der Waals surface area (Å²) in [4.78, 5) is 26.8. The number of carbonyl (C=O) groups is 2. The molecule has 0 aliphatic carbocycles. The minimum Gasteiger partial charge on any atom is -0.395 e. The molecule has 0 aromatic heterocycles. The Morgan fingerprint density at radius 3 is 2.68 bits per heavy atom. The van der Waals surface area contributed by atoms with Crippen molar-refractivity contribution < 1.29 is 14.7 Å². The summed E-state index contributed by atoms with van der Waals surface area (Å²) < 4.78 is 0. The van der Waals surface area contributed by atoms with E-state index in [0.717, 1.165) is 5.69 Å². The smallest absolute Gasteiger partial charge is 0.325 e. The number of anilines is 1. The Hall–Kier alpha value is -2.08. The lowest BCUT2D eigenvalue weighted by molar-refractivity contribution is -0.121. The molecule has 0 saturated carbocycles. The number of para-hydroxylation sites is 1. The van der Waals surface area contributed by atoms with Crippen molar-refractivity contribution in [1.29, 1.82) is 0 Å². The van der Waals surface area contributed by atoms with Crippen LogP contribution in [0.2, 0.25) is 0 Å². The lowest BCUT2D eigenvalue weighted by atomic mass is 10.3. The minimum absolute atomic E-state index is 0.0299.